The molecule has 1 fully saturated rings. The van der Waals surface area contributed by atoms with Crippen LogP contribution in [0.5, 0.6) is 0 Å². The van der Waals surface area contributed by atoms with Crippen LogP contribution < -0.4 is 5.32 Å². The number of piperidine rings is 1. The molecule has 128 valence electrons. The number of carbonyl (C=O) groups is 1. The van der Waals surface area contributed by atoms with Crippen molar-refractivity contribution in [3.8, 4) is 5.69 Å². The van der Waals surface area contributed by atoms with Crippen LogP contribution in [-0.4, -0.2) is 57.2 Å². The van der Waals surface area contributed by atoms with Gasteiger partial charge in [0, 0.05) is 18.1 Å². The number of rotatable bonds is 5. The summed E-state index contributed by atoms with van der Waals surface area (Å²) in [6.07, 6.45) is 3.50. The Balaban J connectivity index is 1.75. The van der Waals surface area contributed by atoms with Crippen LogP contribution in [0.4, 0.5) is 0 Å². The highest BCUT2D eigenvalue weighted by atomic mass is 35.5. The molecule has 1 aromatic heterocycles. The highest BCUT2D eigenvalue weighted by Crippen LogP contribution is 2.23. The largest absolute Gasteiger partial charge is 0.339 e. The zero-order chi connectivity index (χ0) is 16.9. The summed E-state index contributed by atoms with van der Waals surface area (Å²) < 4.78 is 1.49. The van der Waals surface area contributed by atoms with Crippen molar-refractivity contribution >= 4 is 17.5 Å². The molecule has 0 spiro atoms. The molecule has 7 nitrogen and oxygen atoms in total. The van der Waals surface area contributed by atoms with Crippen molar-refractivity contribution < 1.29 is 4.79 Å². The maximum atomic E-state index is 13.0. The van der Waals surface area contributed by atoms with E-state index in [2.05, 4.69) is 27.8 Å². The molecule has 1 aliphatic rings. The molecule has 8 heteroatoms. The fraction of sp³-hybridized carbons (Fsp3) is 0.500. The lowest BCUT2D eigenvalue weighted by atomic mass is 9.96. The maximum Gasteiger partial charge on any atom is 0.256 e. The number of hydrogen-bond acceptors (Lipinski definition) is 5. The topological polar surface area (TPSA) is 75.9 Å². The molecule has 1 aromatic carbocycles. The van der Waals surface area contributed by atoms with Gasteiger partial charge in [0.1, 0.15) is 6.33 Å². The zero-order valence-corrected chi connectivity index (χ0v) is 14.4. The third-order valence-electron chi connectivity index (χ3n) is 4.37. The summed E-state index contributed by atoms with van der Waals surface area (Å²) in [6, 6.07) is 5.19. The van der Waals surface area contributed by atoms with E-state index in [1.54, 1.807) is 18.2 Å². The van der Waals surface area contributed by atoms with E-state index in [9.17, 15) is 4.79 Å². The summed E-state index contributed by atoms with van der Waals surface area (Å²) in [5, 5.41) is 15.1. The lowest BCUT2D eigenvalue weighted by Crippen LogP contribution is -2.41. The number of hydrogen-bond donors (Lipinski definition) is 1. The number of amides is 1. The third kappa shape index (κ3) is 3.73. The van der Waals surface area contributed by atoms with Crippen molar-refractivity contribution in [2.75, 3.05) is 26.2 Å². The SMILES string of the molecule is CCNCC1CCN(C(=O)c2cc(Cl)ccc2-n2cnnn2)CC1. The lowest BCUT2D eigenvalue weighted by Gasteiger charge is -2.32. The van der Waals surface area contributed by atoms with Gasteiger partial charge in [-0.2, -0.15) is 4.68 Å². The van der Waals surface area contributed by atoms with Crippen LogP contribution in [0.2, 0.25) is 5.02 Å². The average Bonchev–Trinajstić information content (AvgIpc) is 3.14. The Bertz CT molecular complexity index is 682. The van der Waals surface area contributed by atoms with Gasteiger partial charge in [0.05, 0.1) is 11.3 Å². The van der Waals surface area contributed by atoms with Crippen LogP contribution in [0, 0.1) is 5.92 Å². The summed E-state index contributed by atoms with van der Waals surface area (Å²) in [7, 11) is 0. The van der Waals surface area contributed by atoms with Crippen molar-refractivity contribution in [1.29, 1.82) is 0 Å². The lowest BCUT2D eigenvalue weighted by molar-refractivity contribution is 0.0690. The minimum atomic E-state index is -0.0232. The summed E-state index contributed by atoms with van der Waals surface area (Å²) in [5.41, 5.74) is 1.17. The molecule has 0 saturated carbocycles. The van der Waals surface area contributed by atoms with Gasteiger partial charge in [-0.25, -0.2) is 0 Å². The van der Waals surface area contributed by atoms with Gasteiger partial charge in [-0.3, -0.25) is 4.79 Å². The van der Waals surface area contributed by atoms with E-state index in [1.165, 1.54) is 11.0 Å². The monoisotopic (exact) mass is 348 g/mol. The summed E-state index contributed by atoms with van der Waals surface area (Å²) in [5.74, 6) is 0.609. The molecule has 3 rings (SSSR count). The zero-order valence-electron chi connectivity index (χ0n) is 13.7. The quantitative estimate of drug-likeness (QED) is 0.891. The molecule has 0 atom stereocenters. The molecular formula is C16H21ClN6O. The van der Waals surface area contributed by atoms with E-state index in [1.807, 2.05) is 4.90 Å². The number of halogens is 1. The fourth-order valence-corrected chi connectivity index (χ4v) is 3.18. The number of nitrogens with one attached hydrogen (secondary N) is 1. The van der Waals surface area contributed by atoms with Gasteiger partial charge in [0.15, 0.2) is 0 Å². The Hall–Kier alpha value is -1.99. The number of aromatic nitrogens is 4. The molecule has 24 heavy (non-hydrogen) atoms. The first kappa shape index (κ1) is 16.9. The minimum Gasteiger partial charge on any atom is -0.339 e. The molecule has 0 bridgehead atoms. The number of tetrazole rings is 1. The van der Waals surface area contributed by atoms with Gasteiger partial charge >= 0.3 is 0 Å². The Morgan fingerprint density at radius 1 is 1.38 bits per heavy atom. The second-order valence-corrected chi connectivity index (χ2v) is 6.40. The smallest absolute Gasteiger partial charge is 0.256 e. The van der Waals surface area contributed by atoms with E-state index in [4.69, 9.17) is 11.6 Å². The van der Waals surface area contributed by atoms with Gasteiger partial charge in [0.25, 0.3) is 5.91 Å². The highest BCUT2D eigenvalue weighted by molar-refractivity contribution is 6.31. The van der Waals surface area contributed by atoms with E-state index in [-0.39, 0.29) is 5.91 Å². The van der Waals surface area contributed by atoms with Crippen molar-refractivity contribution in [2.24, 2.45) is 5.92 Å². The van der Waals surface area contributed by atoms with Crippen molar-refractivity contribution in [1.82, 2.24) is 30.4 Å². The summed E-state index contributed by atoms with van der Waals surface area (Å²) >= 11 is 6.10. The molecule has 0 radical (unpaired) electrons. The standard InChI is InChI=1S/C16H21ClN6O/c1-2-18-10-12-5-7-22(8-6-12)16(24)14-9-13(17)3-4-15(14)23-11-19-20-21-23/h3-4,9,11-12,18H,2,5-8,10H2,1H3. The fourth-order valence-electron chi connectivity index (χ4n) is 3.01. The molecule has 2 aromatic rings. The van der Waals surface area contributed by atoms with Gasteiger partial charge < -0.3 is 10.2 Å². The van der Waals surface area contributed by atoms with Crippen LogP contribution in [0.25, 0.3) is 5.69 Å². The van der Waals surface area contributed by atoms with Crippen LogP contribution in [0.15, 0.2) is 24.5 Å². The molecule has 1 amide bonds. The van der Waals surface area contributed by atoms with Crippen LogP contribution in [-0.2, 0) is 0 Å². The third-order valence-corrected chi connectivity index (χ3v) is 4.60. The highest BCUT2D eigenvalue weighted by Gasteiger charge is 2.25. The first-order valence-corrected chi connectivity index (χ1v) is 8.59. The normalized spacial score (nSPS) is 15.7. The second-order valence-electron chi connectivity index (χ2n) is 5.96. The Morgan fingerprint density at radius 2 is 2.17 bits per heavy atom. The Kier molecular flexibility index (Phi) is 5.42. The van der Waals surface area contributed by atoms with E-state index < -0.39 is 0 Å². The predicted octanol–water partition coefficient (Wildman–Crippen LogP) is 1.78. The second kappa shape index (κ2) is 7.72. The van der Waals surface area contributed by atoms with Crippen molar-refractivity contribution in [2.45, 2.75) is 19.8 Å². The number of benzene rings is 1. The van der Waals surface area contributed by atoms with Gasteiger partial charge in [-0.1, -0.05) is 18.5 Å². The predicted molar refractivity (Wildman–Crippen MR) is 91.3 cm³/mol. The molecule has 1 N–H and O–H groups in total. The minimum absolute atomic E-state index is 0.0232. The van der Waals surface area contributed by atoms with Crippen molar-refractivity contribution in [3.63, 3.8) is 0 Å². The maximum absolute atomic E-state index is 13.0. The molecule has 0 aliphatic carbocycles. The van der Waals surface area contributed by atoms with E-state index in [0.717, 1.165) is 39.0 Å². The number of carbonyl (C=O) groups excluding carboxylic acids is 1. The van der Waals surface area contributed by atoms with E-state index in [0.29, 0.717) is 22.2 Å². The first-order valence-electron chi connectivity index (χ1n) is 8.22. The first-order chi connectivity index (χ1) is 11.7. The van der Waals surface area contributed by atoms with Crippen LogP contribution in [0.3, 0.4) is 0 Å². The van der Waals surface area contributed by atoms with Gasteiger partial charge in [-0.05, 0) is 60.5 Å². The van der Waals surface area contributed by atoms with Gasteiger partial charge in [0.2, 0.25) is 0 Å². The Labute approximate surface area is 146 Å². The van der Waals surface area contributed by atoms with Gasteiger partial charge in [-0.15, -0.1) is 5.10 Å². The number of likely N-dealkylation sites (tertiary alicyclic amines) is 1. The van der Waals surface area contributed by atoms with Crippen LogP contribution >= 0.6 is 11.6 Å². The molecule has 0 unspecified atom stereocenters. The molecule has 1 saturated heterocycles. The Morgan fingerprint density at radius 3 is 2.83 bits per heavy atom. The van der Waals surface area contributed by atoms with Crippen LogP contribution in [0.1, 0.15) is 30.1 Å². The summed E-state index contributed by atoms with van der Waals surface area (Å²) in [6.45, 7) is 5.63. The summed E-state index contributed by atoms with van der Waals surface area (Å²) in [4.78, 5) is 14.8. The molecule has 1 aliphatic heterocycles. The molecular weight excluding hydrogens is 328 g/mol. The van der Waals surface area contributed by atoms with E-state index >= 15 is 0 Å². The average molecular weight is 349 g/mol. The van der Waals surface area contributed by atoms with Crippen molar-refractivity contribution in [3.05, 3.63) is 35.1 Å². The number of nitrogens with zero attached hydrogens (tertiary/aromatic N) is 5. The molecule has 2 heterocycles.